The highest BCUT2D eigenvalue weighted by atomic mass is 15.2. The minimum absolute atomic E-state index is 0.180. The summed E-state index contributed by atoms with van der Waals surface area (Å²) < 4.78 is 0. The third-order valence-corrected chi connectivity index (χ3v) is 3.16. The molecule has 1 unspecified atom stereocenters. The zero-order valence-electron chi connectivity index (χ0n) is 10.4. The lowest BCUT2D eigenvalue weighted by molar-refractivity contribution is 0.589. The highest BCUT2D eigenvalue weighted by Crippen LogP contribution is 2.26. The molecule has 0 aliphatic carbocycles. The van der Waals surface area contributed by atoms with Crippen LogP contribution in [-0.2, 0) is 5.41 Å². The van der Waals surface area contributed by atoms with Crippen LogP contribution in [-0.4, -0.2) is 24.1 Å². The molecule has 0 aromatic carbocycles. The fourth-order valence-electron chi connectivity index (χ4n) is 2.05. The van der Waals surface area contributed by atoms with Gasteiger partial charge in [0.2, 0.25) is 0 Å². The first-order valence-corrected chi connectivity index (χ1v) is 5.94. The molecule has 1 aliphatic heterocycles. The number of anilines is 1. The predicted molar refractivity (Wildman–Crippen MR) is 67.7 cm³/mol. The zero-order valence-corrected chi connectivity index (χ0v) is 10.4. The van der Waals surface area contributed by atoms with Gasteiger partial charge >= 0.3 is 0 Å². The summed E-state index contributed by atoms with van der Waals surface area (Å²) in [5, 5.41) is 0. The predicted octanol–water partition coefficient (Wildman–Crippen LogP) is 1.92. The Balaban J connectivity index is 2.23. The average Bonchev–Trinajstić information content (AvgIpc) is 2.64. The van der Waals surface area contributed by atoms with Crippen LogP contribution < -0.4 is 10.6 Å². The molecule has 0 saturated carbocycles. The molecule has 0 amide bonds. The van der Waals surface area contributed by atoms with Gasteiger partial charge in [0.1, 0.15) is 5.82 Å². The van der Waals surface area contributed by atoms with Gasteiger partial charge in [-0.1, -0.05) is 20.8 Å². The first-order valence-electron chi connectivity index (χ1n) is 5.94. The molecule has 1 aliphatic rings. The van der Waals surface area contributed by atoms with Crippen LogP contribution in [0.5, 0.6) is 0 Å². The summed E-state index contributed by atoms with van der Waals surface area (Å²) >= 11 is 0. The second kappa shape index (κ2) is 4.06. The highest BCUT2D eigenvalue weighted by molar-refractivity contribution is 5.44. The van der Waals surface area contributed by atoms with E-state index in [1.807, 2.05) is 6.20 Å². The van der Waals surface area contributed by atoms with Crippen molar-refractivity contribution in [2.75, 3.05) is 18.0 Å². The van der Waals surface area contributed by atoms with Crippen molar-refractivity contribution in [3.8, 4) is 0 Å². The molecule has 3 heteroatoms. The maximum Gasteiger partial charge on any atom is 0.128 e. The van der Waals surface area contributed by atoms with E-state index in [2.05, 4.69) is 42.8 Å². The monoisotopic (exact) mass is 219 g/mol. The van der Waals surface area contributed by atoms with Crippen LogP contribution in [0.2, 0.25) is 0 Å². The van der Waals surface area contributed by atoms with Gasteiger partial charge < -0.3 is 10.6 Å². The van der Waals surface area contributed by atoms with Crippen molar-refractivity contribution >= 4 is 5.82 Å². The average molecular weight is 219 g/mol. The Hall–Kier alpha value is -1.09. The minimum Gasteiger partial charge on any atom is -0.355 e. The van der Waals surface area contributed by atoms with E-state index < -0.39 is 0 Å². The molecule has 1 fully saturated rings. The largest absolute Gasteiger partial charge is 0.355 e. The Labute approximate surface area is 97.7 Å². The van der Waals surface area contributed by atoms with Gasteiger partial charge in [-0.15, -0.1) is 0 Å². The van der Waals surface area contributed by atoms with Crippen LogP contribution in [0.15, 0.2) is 18.3 Å². The van der Waals surface area contributed by atoms with E-state index in [1.54, 1.807) is 0 Å². The summed E-state index contributed by atoms with van der Waals surface area (Å²) in [6.07, 6.45) is 2.97. The van der Waals surface area contributed by atoms with Crippen molar-refractivity contribution in [1.29, 1.82) is 0 Å². The Morgan fingerprint density at radius 3 is 2.75 bits per heavy atom. The standard InChI is InChI=1S/C13H21N3/c1-13(2,3)10-4-6-15-12(8-10)16-7-5-11(14)9-16/h4,6,8,11H,5,7,9,14H2,1-3H3. The van der Waals surface area contributed by atoms with Crippen molar-refractivity contribution in [3.63, 3.8) is 0 Å². The number of hydrogen-bond donors (Lipinski definition) is 1. The second-order valence-electron chi connectivity index (χ2n) is 5.65. The highest BCUT2D eigenvalue weighted by Gasteiger charge is 2.21. The van der Waals surface area contributed by atoms with Gasteiger partial charge in [0.25, 0.3) is 0 Å². The molecule has 1 atom stereocenters. The maximum absolute atomic E-state index is 5.92. The number of aromatic nitrogens is 1. The van der Waals surface area contributed by atoms with Gasteiger partial charge in [-0.05, 0) is 29.5 Å². The third-order valence-electron chi connectivity index (χ3n) is 3.16. The first kappa shape index (κ1) is 11.4. The number of rotatable bonds is 1. The molecule has 2 N–H and O–H groups in total. The van der Waals surface area contributed by atoms with Crippen molar-refractivity contribution in [2.45, 2.75) is 38.6 Å². The molecule has 0 bridgehead atoms. The van der Waals surface area contributed by atoms with Crippen LogP contribution in [0, 0.1) is 0 Å². The fourth-order valence-corrected chi connectivity index (χ4v) is 2.05. The molecule has 3 nitrogen and oxygen atoms in total. The Bertz CT molecular complexity index is 368. The molecule has 1 saturated heterocycles. The van der Waals surface area contributed by atoms with Crippen LogP contribution in [0.3, 0.4) is 0 Å². The number of nitrogens with two attached hydrogens (primary N) is 1. The van der Waals surface area contributed by atoms with Crippen molar-refractivity contribution in [2.24, 2.45) is 5.73 Å². The Kier molecular flexibility index (Phi) is 2.89. The normalized spacial score (nSPS) is 21.5. The lowest BCUT2D eigenvalue weighted by atomic mass is 9.88. The van der Waals surface area contributed by atoms with Gasteiger partial charge in [0, 0.05) is 25.3 Å². The van der Waals surface area contributed by atoms with E-state index in [4.69, 9.17) is 5.73 Å². The first-order chi connectivity index (χ1) is 7.47. The van der Waals surface area contributed by atoms with E-state index >= 15 is 0 Å². The van der Waals surface area contributed by atoms with Crippen LogP contribution >= 0.6 is 0 Å². The van der Waals surface area contributed by atoms with Gasteiger partial charge in [-0.25, -0.2) is 4.98 Å². The summed E-state index contributed by atoms with van der Waals surface area (Å²) in [6.45, 7) is 8.63. The summed E-state index contributed by atoms with van der Waals surface area (Å²) in [5.74, 6) is 1.07. The summed E-state index contributed by atoms with van der Waals surface area (Å²) in [7, 11) is 0. The van der Waals surface area contributed by atoms with Crippen LogP contribution in [0.4, 0.5) is 5.82 Å². The molecular weight excluding hydrogens is 198 g/mol. The van der Waals surface area contributed by atoms with Crippen molar-refractivity contribution in [1.82, 2.24) is 4.98 Å². The number of hydrogen-bond acceptors (Lipinski definition) is 3. The molecule has 2 rings (SSSR count). The van der Waals surface area contributed by atoms with E-state index in [1.165, 1.54) is 5.56 Å². The minimum atomic E-state index is 0.180. The molecule has 88 valence electrons. The van der Waals surface area contributed by atoms with E-state index in [9.17, 15) is 0 Å². The smallest absolute Gasteiger partial charge is 0.128 e. The van der Waals surface area contributed by atoms with Gasteiger partial charge in [-0.3, -0.25) is 0 Å². The molecule has 1 aromatic heterocycles. The molecular formula is C13H21N3. The molecule has 0 radical (unpaired) electrons. The lowest BCUT2D eigenvalue weighted by Crippen LogP contribution is -2.27. The van der Waals surface area contributed by atoms with Gasteiger partial charge in [0.15, 0.2) is 0 Å². The summed E-state index contributed by atoms with van der Waals surface area (Å²) in [5.41, 5.74) is 7.43. The second-order valence-corrected chi connectivity index (χ2v) is 5.65. The molecule has 2 heterocycles. The topological polar surface area (TPSA) is 42.2 Å². The van der Waals surface area contributed by atoms with Gasteiger partial charge in [0.05, 0.1) is 0 Å². The van der Waals surface area contributed by atoms with E-state index in [-0.39, 0.29) is 5.41 Å². The third kappa shape index (κ3) is 2.35. The SMILES string of the molecule is CC(C)(C)c1ccnc(N2CCC(N)C2)c1. The Morgan fingerprint density at radius 1 is 1.44 bits per heavy atom. The summed E-state index contributed by atoms with van der Waals surface area (Å²) in [4.78, 5) is 6.72. The molecule has 0 spiro atoms. The quantitative estimate of drug-likeness (QED) is 0.784. The number of nitrogens with zero attached hydrogens (tertiary/aromatic N) is 2. The van der Waals surface area contributed by atoms with Crippen LogP contribution in [0.25, 0.3) is 0 Å². The van der Waals surface area contributed by atoms with Crippen molar-refractivity contribution in [3.05, 3.63) is 23.9 Å². The fraction of sp³-hybridized carbons (Fsp3) is 0.615. The van der Waals surface area contributed by atoms with Gasteiger partial charge in [-0.2, -0.15) is 0 Å². The van der Waals surface area contributed by atoms with Crippen LogP contribution in [0.1, 0.15) is 32.8 Å². The van der Waals surface area contributed by atoms with E-state index in [0.29, 0.717) is 6.04 Å². The Morgan fingerprint density at radius 2 is 2.19 bits per heavy atom. The number of pyridine rings is 1. The summed E-state index contributed by atoms with van der Waals surface area (Å²) in [6, 6.07) is 4.59. The van der Waals surface area contributed by atoms with Crippen molar-refractivity contribution < 1.29 is 0 Å². The molecule has 1 aromatic rings. The zero-order chi connectivity index (χ0) is 11.8. The maximum atomic E-state index is 5.92. The molecule has 16 heavy (non-hydrogen) atoms. The lowest BCUT2D eigenvalue weighted by Gasteiger charge is -2.22. The van der Waals surface area contributed by atoms with E-state index in [0.717, 1.165) is 25.3 Å².